The molecule has 0 atom stereocenters. The Balaban J connectivity index is 1.37. The number of carbonyl (C=O) groups is 2. The number of anilines is 3. The van der Waals surface area contributed by atoms with E-state index in [0.717, 1.165) is 41.3 Å². The van der Waals surface area contributed by atoms with Gasteiger partial charge in [0.2, 0.25) is 5.91 Å². The van der Waals surface area contributed by atoms with Crippen LogP contribution in [0.15, 0.2) is 73.1 Å². The average molecular weight is 510 g/mol. The van der Waals surface area contributed by atoms with Gasteiger partial charge in [-0.15, -0.1) is 0 Å². The van der Waals surface area contributed by atoms with Crippen molar-refractivity contribution in [1.29, 1.82) is 0 Å². The second-order valence-electron chi connectivity index (χ2n) is 8.78. The Morgan fingerprint density at radius 1 is 0.842 bits per heavy atom. The van der Waals surface area contributed by atoms with Crippen LogP contribution in [0.25, 0.3) is 22.6 Å². The third-order valence-corrected chi connectivity index (χ3v) is 6.21. The lowest BCUT2D eigenvalue weighted by molar-refractivity contribution is 0.1000. The van der Waals surface area contributed by atoms with Crippen LogP contribution in [0, 0.1) is 6.92 Å². The monoisotopic (exact) mass is 509 g/mol. The van der Waals surface area contributed by atoms with Gasteiger partial charge < -0.3 is 26.0 Å². The molecule has 1 aliphatic rings. The highest BCUT2D eigenvalue weighted by Gasteiger charge is 2.20. The Labute approximate surface area is 219 Å². The van der Waals surface area contributed by atoms with E-state index in [1.807, 2.05) is 31.2 Å². The molecule has 0 radical (unpaired) electrons. The minimum Gasteiger partial charge on any atom is -0.378 e. The maximum atomic E-state index is 12.5. The second-order valence-corrected chi connectivity index (χ2v) is 8.78. The summed E-state index contributed by atoms with van der Waals surface area (Å²) in [6.07, 6.45) is 3.51. The molecule has 3 heterocycles. The lowest BCUT2D eigenvalue weighted by atomic mass is 10.1. The van der Waals surface area contributed by atoms with Crippen molar-refractivity contribution in [1.82, 2.24) is 15.0 Å². The van der Waals surface area contributed by atoms with Crippen molar-refractivity contribution in [2.24, 2.45) is 5.73 Å². The van der Waals surface area contributed by atoms with Crippen LogP contribution in [0.5, 0.6) is 0 Å². The first kappa shape index (κ1) is 24.8. The number of hydrogen-bond acceptors (Lipinski definition) is 7. The molecule has 10 heteroatoms. The molecular formula is C28H27N7O3. The molecule has 10 nitrogen and oxygen atoms in total. The molecule has 1 aliphatic heterocycles. The molecule has 0 unspecified atom stereocenters. The first-order valence-corrected chi connectivity index (χ1v) is 12.2. The number of benzene rings is 2. The molecule has 0 aliphatic carbocycles. The van der Waals surface area contributed by atoms with Crippen molar-refractivity contribution in [2.75, 3.05) is 41.8 Å². The smallest absolute Gasteiger partial charge is 0.323 e. The minimum absolute atomic E-state index is 0.369. The Morgan fingerprint density at radius 3 is 2.05 bits per heavy atom. The summed E-state index contributed by atoms with van der Waals surface area (Å²) in [5, 5.41) is 5.54. The van der Waals surface area contributed by atoms with Crippen LogP contribution >= 0.6 is 0 Å². The largest absolute Gasteiger partial charge is 0.378 e. The van der Waals surface area contributed by atoms with E-state index in [9.17, 15) is 9.59 Å². The topological polar surface area (TPSA) is 135 Å². The van der Waals surface area contributed by atoms with Crippen molar-refractivity contribution < 1.29 is 14.3 Å². The molecule has 0 bridgehead atoms. The Bertz CT molecular complexity index is 1440. The fourth-order valence-corrected chi connectivity index (χ4v) is 4.22. The molecule has 0 saturated carbocycles. The highest BCUT2D eigenvalue weighted by molar-refractivity contribution is 6.00. The van der Waals surface area contributed by atoms with Gasteiger partial charge in [-0.05, 0) is 67.6 Å². The SMILES string of the molecule is Cc1c(-c2ccncc2)nc(-c2ccc(NC(=O)Nc3ccc(C(N)=O)cc3)cc2)nc1N1CCOCC1. The zero-order chi connectivity index (χ0) is 26.5. The number of nitrogens with two attached hydrogens (primary N) is 1. The maximum Gasteiger partial charge on any atom is 0.323 e. The van der Waals surface area contributed by atoms with E-state index in [4.69, 9.17) is 20.4 Å². The first-order valence-electron chi connectivity index (χ1n) is 12.2. The van der Waals surface area contributed by atoms with Crippen molar-refractivity contribution in [3.05, 3.63) is 84.2 Å². The predicted octanol–water partition coefficient (Wildman–Crippen LogP) is 4.09. The van der Waals surface area contributed by atoms with Gasteiger partial charge in [-0.25, -0.2) is 14.8 Å². The van der Waals surface area contributed by atoms with E-state index in [0.29, 0.717) is 36.0 Å². The lowest BCUT2D eigenvalue weighted by Crippen LogP contribution is -2.37. The van der Waals surface area contributed by atoms with Crippen molar-refractivity contribution in [3.8, 4) is 22.6 Å². The molecule has 4 aromatic rings. The molecule has 5 rings (SSSR count). The first-order chi connectivity index (χ1) is 18.5. The van der Waals surface area contributed by atoms with Crippen LogP contribution < -0.4 is 21.3 Å². The number of amides is 3. The van der Waals surface area contributed by atoms with Crippen LogP contribution in [0.2, 0.25) is 0 Å². The van der Waals surface area contributed by atoms with Gasteiger partial charge in [0.05, 0.1) is 18.9 Å². The highest BCUT2D eigenvalue weighted by Crippen LogP contribution is 2.31. The van der Waals surface area contributed by atoms with Crippen molar-refractivity contribution >= 4 is 29.1 Å². The van der Waals surface area contributed by atoms with Gasteiger partial charge in [-0.2, -0.15) is 0 Å². The molecular weight excluding hydrogens is 482 g/mol. The Kier molecular flexibility index (Phi) is 7.23. The fourth-order valence-electron chi connectivity index (χ4n) is 4.22. The van der Waals surface area contributed by atoms with E-state index >= 15 is 0 Å². The number of primary amides is 1. The molecule has 2 aromatic carbocycles. The number of nitrogens with zero attached hydrogens (tertiary/aromatic N) is 4. The highest BCUT2D eigenvalue weighted by atomic mass is 16.5. The molecule has 3 amide bonds. The summed E-state index contributed by atoms with van der Waals surface area (Å²) in [6.45, 7) is 4.87. The molecule has 1 fully saturated rings. The second kappa shape index (κ2) is 11.1. The van der Waals surface area contributed by atoms with Crippen LogP contribution in [-0.4, -0.2) is 53.2 Å². The Morgan fingerprint density at radius 2 is 1.45 bits per heavy atom. The number of rotatable bonds is 6. The van der Waals surface area contributed by atoms with Crippen LogP contribution in [0.1, 0.15) is 15.9 Å². The third-order valence-electron chi connectivity index (χ3n) is 6.21. The van der Waals surface area contributed by atoms with E-state index in [-0.39, 0.29) is 0 Å². The van der Waals surface area contributed by atoms with Crippen LogP contribution in [0.3, 0.4) is 0 Å². The molecule has 0 spiro atoms. The minimum atomic E-state index is -0.524. The van der Waals surface area contributed by atoms with Crippen LogP contribution in [0.4, 0.5) is 22.0 Å². The van der Waals surface area contributed by atoms with E-state index in [1.54, 1.807) is 48.8 Å². The van der Waals surface area contributed by atoms with Gasteiger partial charge in [-0.1, -0.05) is 0 Å². The van der Waals surface area contributed by atoms with Crippen LogP contribution in [-0.2, 0) is 4.74 Å². The number of carbonyl (C=O) groups excluding carboxylic acids is 2. The number of aromatic nitrogens is 3. The summed E-state index contributed by atoms with van der Waals surface area (Å²) in [5.41, 5.74) is 10.4. The number of nitrogens with one attached hydrogen (secondary N) is 2. The zero-order valence-electron chi connectivity index (χ0n) is 20.8. The normalized spacial score (nSPS) is 13.1. The molecule has 38 heavy (non-hydrogen) atoms. The zero-order valence-corrected chi connectivity index (χ0v) is 20.8. The summed E-state index contributed by atoms with van der Waals surface area (Å²) in [5.74, 6) is 0.951. The summed E-state index contributed by atoms with van der Waals surface area (Å²) >= 11 is 0. The summed E-state index contributed by atoms with van der Waals surface area (Å²) in [7, 11) is 0. The summed E-state index contributed by atoms with van der Waals surface area (Å²) in [6, 6.07) is 17.2. The van der Waals surface area contributed by atoms with Gasteiger partial charge in [0, 0.05) is 59.1 Å². The Hall–Kier alpha value is -4.83. The predicted molar refractivity (Wildman–Crippen MR) is 146 cm³/mol. The van der Waals surface area contributed by atoms with Gasteiger partial charge >= 0.3 is 6.03 Å². The number of urea groups is 1. The van der Waals surface area contributed by atoms with E-state index < -0.39 is 11.9 Å². The summed E-state index contributed by atoms with van der Waals surface area (Å²) < 4.78 is 5.54. The van der Waals surface area contributed by atoms with Crippen molar-refractivity contribution in [3.63, 3.8) is 0 Å². The number of morpholine rings is 1. The lowest BCUT2D eigenvalue weighted by Gasteiger charge is -2.30. The number of hydrogen-bond donors (Lipinski definition) is 3. The standard InChI is InChI=1S/C28H27N7O3/c1-18-24(19-10-12-30-13-11-19)33-26(34-27(18)35-14-16-38-17-15-35)21-4-8-23(9-5-21)32-28(37)31-22-6-2-20(3-7-22)25(29)36/h2-13H,14-17H2,1H3,(H2,29,36)(H2,31,32,37). The van der Waals surface area contributed by atoms with Gasteiger partial charge in [0.15, 0.2) is 5.82 Å². The van der Waals surface area contributed by atoms with E-state index in [1.165, 1.54) is 0 Å². The van der Waals surface area contributed by atoms with Gasteiger partial charge in [0.1, 0.15) is 5.82 Å². The average Bonchev–Trinajstić information content (AvgIpc) is 2.95. The number of pyridine rings is 1. The molecule has 1 saturated heterocycles. The van der Waals surface area contributed by atoms with Crippen molar-refractivity contribution in [2.45, 2.75) is 6.92 Å². The maximum absolute atomic E-state index is 12.5. The molecule has 4 N–H and O–H groups in total. The fraction of sp³-hybridized carbons (Fsp3) is 0.179. The number of ether oxygens (including phenoxy) is 1. The van der Waals surface area contributed by atoms with Gasteiger partial charge in [0.25, 0.3) is 0 Å². The summed E-state index contributed by atoms with van der Waals surface area (Å²) in [4.78, 5) is 39.9. The molecule has 2 aromatic heterocycles. The molecule has 192 valence electrons. The quantitative estimate of drug-likeness (QED) is 0.356. The van der Waals surface area contributed by atoms with E-state index in [2.05, 4.69) is 20.5 Å². The van der Waals surface area contributed by atoms with Gasteiger partial charge in [-0.3, -0.25) is 9.78 Å². The third kappa shape index (κ3) is 5.60.